The van der Waals surface area contributed by atoms with Crippen LogP contribution in [0.4, 0.5) is 10.5 Å². The summed E-state index contributed by atoms with van der Waals surface area (Å²) in [5.74, 6) is 0.753. The fraction of sp³-hybridized carbons (Fsp3) is 0.278. The van der Waals surface area contributed by atoms with Crippen LogP contribution in [0.2, 0.25) is 0 Å². The van der Waals surface area contributed by atoms with Gasteiger partial charge in [0.05, 0.1) is 24.9 Å². The lowest BCUT2D eigenvalue weighted by molar-refractivity contribution is -0.268. The van der Waals surface area contributed by atoms with E-state index in [9.17, 15) is 19.8 Å². The molecule has 1 saturated heterocycles. The number of nitrogens with one attached hydrogen (secondary N) is 2. The van der Waals surface area contributed by atoms with E-state index in [0.717, 1.165) is 27.1 Å². The Morgan fingerprint density at radius 1 is 0.867 bits per heavy atom. The number of phenols is 1. The molecule has 45 heavy (non-hydrogen) atoms. The van der Waals surface area contributed by atoms with Crippen molar-refractivity contribution in [3.63, 3.8) is 0 Å². The van der Waals surface area contributed by atoms with E-state index in [1.54, 1.807) is 30.0 Å². The molecule has 9 heteroatoms. The van der Waals surface area contributed by atoms with Crippen LogP contribution in [-0.4, -0.2) is 39.9 Å². The summed E-state index contributed by atoms with van der Waals surface area (Å²) in [5.41, 5.74) is 4.04. The van der Waals surface area contributed by atoms with Gasteiger partial charge in [-0.2, -0.15) is 0 Å². The van der Waals surface area contributed by atoms with Gasteiger partial charge in [-0.15, -0.1) is 11.8 Å². The van der Waals surface area contributed by atoms with Crippen LogP contribution >= 0.6 is 11.8 Å². The van der Waals surface area contributed by atoms with Crippen LogP contribution in [0.25, 0.3) is 0 Å². The summed E-state index contributed by atoms with van der Waals surface area (Å²) < 4.78 is 13.1. The number of hydrogen-bond donors (Lipinski definition) is 4. The second kappa shape index (κ2) is 15.2. The van der Waals surface area contributed by atoms with Crippen molar-refractivity contribution in [3.05, 3.63) is 125 Å². The lowest BCUT2D eigenvalue weighted by Crippen LogP contribution is -2.43. The van der Waals surface area contributed by atoms with Gasteiger partial charge in [0.1, 0.15) is 5.75 Å². The minimum atomic E-state index is -0.706. The number of Topliss-reactive ketones (excluding diaryl/α,β-unsaturated/α-hetero) is 1. The predicted molar refractivity (Wildman–Crippen MR) is 175 cm³/mol. The fourth-order valence-electron chi connectivity index (χ4n) is 5.27. The zero-order valence-electron chi connectivity index (χ0n) is 25.3. The number of urea groups is 1. The number of thioether (sulfide) groups is 1. The largest absolute Gasteiger partial charge is 0.508 e. The van der Waals surface area contributed by atoms with E-state index in [-0.39, 0.29) is 36.3 Å². The molecule has 0 spiro atoms. The third-order valence-corrected chi connectivity index (χ3v) is 8.97. The maximum Gasteiger partial charge on any atom is 0.319 e. The third-order valence-electron chi connectivity index (χ3n) is 7.87. The van der Waals surface area contributed by atoms with Crippen LogP contribution in [-0.2, 0) is 27.3 Å². The monoisotopic (exact) mass is 626 g/mol. The molecule has 0 aromatic heterocycles. The van der Waals surface area contributed by atoms with E-state index in [0.29, 0.717) is 17.9 Å². The van der Waals surface area contributed by atoms with Crippen molar-refractivity contribution >= 4 is 29.3 Å². The number of carbonyl (C=O) groups is 2. The molecule has 1 heterocycles. The summed E-state index contributed by atoms with van der Waals surface area (Å²) in [6, 6.07) is 30.6. The van der Waals surface area contributed by atoms with Crippen LogP contribution in [0.3, 0.4) is 0 Å². The molecule has 5 atom stereocenters. The highest BCUT2D eigenvalue weighted by atomic mass is 32.2. The number of phenolic OH excluding ortho intramolecular Hbond substituents is 1. The van der Waals surface area contributed by atoms with Crippen molar-refractivity contribution < 1.29 is 29.3 Å². The first-order chi connectivity index (χ1) is 21.8. The van der Waals surface area contributed by atoms with Crippen LogP contribution in [0.5, 0.6) is 5.75 Å². The Kier molecular flexibility index (Phi) is 10.9. The molecule has 4 aromatic rings. The molecular formula is C36H38N2O6S. The van der Waals surface area contributed by atoms with E-state index < -0.39 is 18.4 Å². The topological polar surface area (TPSA) is 117 Å². The van der Waals surface area contributed by atoms with Gasteiger partial charge in [0, 0.05) is 27.8 Å². The fourth-order valence-corrected chi connectivity index (χ4v) is 6.33. The SMILES string of the molecule is CC(=O)C(Cc1ccccc1)NC(=O)Nc1cccc(C2OC(CSc3ccc(O)cc3)C(C)C(c3ccc(CO)cc3)O2)c1. The maximum absolute atomic E-state index is 13.0. The van der Waals surface area contributed by atoms with Crippen LogP contribution in [0, 0.1) is 5.92 Å². The van der Waals surface area contributed by atoms with Gasteiger partial charge >= 0.3 is 6.03 Å². The number of rotatable bonds is 11. The molecule has 0 aliphatic carbocycles. The Morgan fingerprint density at radius 2 is 1.60 bits per heavy atom. The van der Waals surface area contributed by atoms with Crippen molar-refractivity contribution in [2.75, 3.05) is 11.1 Å². The normalized spacial score (nSPS) is 20.2. The first kappa shape index (κ1) is 32.2. The first-order valence-corrected chi connectivity index (χ1v) is 15.9. The lowest BCUT2D eigenvalue weighted by atomic mass is 9.91. The van der Waals surface area contributed by atoms with E-state index in [1.165, 1.54) is 6.92 Å². The molecule has 0 radical (unpaired) electrons. The van der Waals surface area contributed by atoms with Crippen molar-refractivity contribution in [1.82, 2.24) is 5.32 Å². The zero-order valence-corrected chi connectivity index (χ0v) is 26.1. The van der Waals surface area contributed by atoms with Crippen molar-refractivity contribution in [2.45, 2.75) is 56.3 Å². The van der Waals surface area contributed by atoms with Crippen LogP contribution in [0.15, 0.2) is 108 Å². The minimum absolute atomic E-state index is 0.00561. The van der Waals surface area contributed by atoms with Crippen molar-refractivity contribution in [1.29, 1.82) is 0 Å². The summed E-state index contributed by atoms with van der Waals surface area (Å²) in [7, 11) is 0. The number of aliphatic hydroxyl groups is 1. The van der Waals surface area contributed by atoms with Gasteiger partial charge in [-0.25, -0.2) is 4.79 Å². The predicted octanol–water partition coefficient (Wildman–Crippen LogP) is 6.79. The smallest absolute Gasteiger partial charge is 0.319 e. The van der Waals surface area contributed by atoms with Gasteiger partial charge in [-0.3, -0.25) is 4.79 Å². The van der Waals surface area contributed by atoms with Crippen LogP contribution in [0.1, 0.15) is 48.5 Å². The molecule has 1 fully saturated rings. The molecule has 0 saturated carbocycles. The van der Waals surface area contributed by atoms with Gasteiger partial charge in [-0.1, -0.05) is 73.7 Å². The number of aromatic hydroxyl groups is 1. The van der Waals surface area contributed by atoms with E-state index in [2.05, 4.69) is 17.6 Å². The number of ether oxygens (including phenoxy) is 2. The summed E-state index contributed by atoms with van der Waals surface area (Å²) in [6.45, 7) is 3.54. The number of ketones is 1. The summed E-state index contributed by atoms with van der Waals surface area (Å²) in [5, 5.41) is 24.9. The molecular weight excluding hydrogens is 588 g/mol. The Balaban J connectivity index is 1.32. The Bertz CT molecular complexity index is 1560. The average Bonchev–Trinajstić information content (AvgIpc) is 3.05. The molecule has 5 rings (SSSR count). The lowest BCUT2D eigenvalue weighted by Gasteiger charge is -2.41. The standard InChI is InChI=1S/C36H38N2O6S/c1-23-33(22-45-31-17-15-30(41)16-18-31)43-35(44-34(23)27-13-11-26(21-39)12-14-27)28-9-6-10-29(20-28)37-36(42)38-32(24(2)40)19-25-7-4-3-5-8-25/h3-18,20,23,32-35,39,41H,19,21-22H2,1-2H3,(H2,37,38,42). The summed E-state index contributed by atoms with van der Waals surface area (Å²) >= 11 is 1.64. The number of aliphatic hydroxyl groups excluding tert-OH is 1. The van der Waals surface area contributed by atoms with Crippen molar-refractivity contribution in [2.24, 2.45) is 5.92 Å². The van der Waals surface area contributed by atoms with Gasteiger partial charge in [0.15, 0.2) is 12.1 Å². The van der Waals surface area contributed by atoms with E-state index in [1.807, 2.05) is 84.9 Å². The van der Waals surface area contributed by atoms with Gasteiger partial charge in [-0.05, 0) is 66.4 Å². The molecule has 8 nitrogen and oxygen atoms in total. The molecule has 1 aliphatic rings. The molecule has 0 bridgehead atoms. The number of benzene rings is 4. The second-order valence-electron chi connectivity index (χ2n) is 11.2. The third kappa shape index (κ3) is 8.73. The number of hydrogen-bond acceptors (Lipinski definition) is 7. The number of amides is 2. The number of anilines is 1. The van der Waals surface area contributed by atoms with E-state index >= 15 is 0 Å². The molecule has 2 amide bonds. The molecule has 5 unspecified atom stereocenters. The number of carbonyl (C=O) groups excluding carboxylic acids is 2. The van der Waals surface area contributed by atoms with Gasteiger partial charge in [0.25, 0.3) is 0 Å². The second-order valence-corrected chi connectivity index (χ2v) is 12.3. The average molecular weight is 627 g/mol. The highest BCUT2D eigenvalue weighted by Gasteiger charge is 2.38. The van der Waals surface area contributed by atoms with E-state index in [4.69, 9.17) is 9.47 Å². The highest BCUT2D eigenvalue weighted by molar-refractivity contribution is 7.99. The Hall–Kier alpha value is -4.15. The summed E-state index contributed by atoms with van der Waals surface area (Å²) in [6.07, 6.45) is -0.770. The molecule has 234 valence electrons. The highest BCUT2D eigenvalue weighted by Crippen LogP contribution is 2.43. The molecule has 4 aromatic carbocycles. The quantitative estimate of drug-likeness (QED) is 0.136. The van der Waals surface area contributed by atoms with Crippen LogP contribution < -0.4 is 10.6 Å². The molecule has 4 N–H and O–H groups in total. The Morgan fingerprint density at radius 3 is 2.29 bits per heavy atom. The maximum atomic E-state index is 13.0. The van der Waals surface area contributed by atoms with Crippen molar-refractivity contribution in [3.8, 4) is 5.75 Å². The molecule has 1 aliphatic heterocycles. The Labute approximate surface area is 267 Å². The first-order valence-electron chi connectivity index (χ1n) is 14.9. The minimum Gasteiger partial charge on any atom is -0.508 e. The zero-order chi connectivity index (χ0) is 31.8. The van der Waals surface area contributed by atoms with Gasteiger partial charge < -0.3 is 30.3 Å². The summed E-state index contributed by atoms with van der Waals surface area (Å²) in [4.78, 5) is 26.3. The van der Waals surface area contributed by atoms with Gasteiger partial charge in [0.2, 0.25) is 0 Å².